The Hall–Kier alpha value is -1.06. The van der Waals surface area contributed by atoms with Crippen molar-refractivity contribution in [1.82, 2.24) is 4.90 Å². The molecule has 0 spiro atoms. The molecule has 0 N–H and O–H groups in total. The second kappa shape index (κ2) is 5.57. The van der Waals surface area contributed by atoms with Crippen molar-refractivity contribution < 1.29 is 14.3 Å². The number of ether oxygens (including phenoxy) is 1. The van der Waals surface area contributed by atoms with Crippen molar-refractivity contribution in [2.45, 2.75) is 27.2 Å². The minimum atomic E-state index is -0.549. The summed E-state index contributed by atoms with van der Waals surface area (Å²) >= 11 is 0. The summed E-state index contributed by atoms with van der Waals surface area (Å²) in [5, 5.41) is 0. The van der Waals surface area contributed by atoms with Crippen LogP contribution in [0.5, 0.6) is 0 Å². The fourth-order valence-electron chi connectivity index (χ4n) is 0.802. The van der Waals surface area contributed by atoms with Crippen molar-refractivity contribution in [3.8, 4) is 0 Å². The number of rotatable bonds is 3. The normalized spacial score (nSPS) is 9.25. The predicted molar refractivity (Wildman–Crippen MR) is 44.7 cm³/mol. The third-order valence-corrected chi connectivity index (χ3v) is 1.32. The average molecular weight is 173 g/mol. The lowest BCUT2D eigenvalue weighted by Gasteiger charge is -2.16. The molecule has 0 aromatic heterocycles. The maximum absolute atomic E-state index is 11.1. The first kappa shape index (κ1) is 10.9. The second-order valence-corrected chi connectivity index (χ2v) is 2.37. The summed E-state index contributed by atoms with van der Waals surface area (Å²) in [6.07, 6.45) is 0.199. The van der Waals surface area contributed by atoms with Crippen molar-refractivity contribution in [2.24, 2.45) is 0 Å². The molecule has 4 nitrogen and oxygen atoms in total. The molecule has 0 rings (SSSR count). The second-order valence-electron chi connectivity index (χ2n) is 2.37. The quantitative estimate of drug-likeness (QED) is 0.648. The number of amides is 2. The highest BCUT2D eigenvalue weighted by Gasteiger charge is 2.17. The minimum Gasteiger partial charge on any atom is -0.449 e. The van der Waals surface area contributed by atoms with Crippen LogP contribution in [-0.2, 0) is 9.53 Å². The van der Waals surface area contributed by atoms with Gasteiger partial charge in [0.25, 0.3) is 0 Å². The van der Waals surface area contributed by atoms with Gasteiger partial charge in [-0.3, -0.25) is 4.79 Å². The highest BCUT2D eigenvalue weighted by Crippen LogP contribution is 1.96. The Kier molecular flexibility index (Phi) is 5.08. The summed E-state index contributed by atoms with van der Waals surface area (Å²) in [5.41, 5.74) is 0. The first-order chi connectivity index (χ1) is 5.63. The van der Waals surface area contributed by atoms with Gasteiger partial charge in [-0.2, -0.15) is 0 Å². The first-order valence-corrected chi connectivity index (χ1v) is 4.08. The Labute approximate surface area is 72.5 Å². The maximum Gasteiger partial charge on any atom is 0.416 e. The van der Waals surface area contributed by atoms with Crippen molar-refractivity contribution in [1.29, 1.82) is 0 Å². The van der Waals surface area contributed by atoms with Gasteiger partial charge in [-0.15, -0.1) is 0 Å². The average Bonchev–Trinajstić information content (AvgIpc) is 1.99. The van der Waals surface area contributed by atoms with Gasteiger partial charge in [0.05, 0.1) is 6.61 Å². The molecule has 0 atom stereocenters. The smallest absolute Gasteiger partial charge is 0.416 e. The molecule has 0 aliphatic carbocycles. The lowest BCUT2D eigenvalue weighted by atomic mass is 10.4. The van der Waals surface area contributed by atoms with Crippen molar-refractivity contribution >= 4 is 12.0 Å². The Morgan fingerprint density at radius 1 is 1.33 bits per heavy atom. The van der Waals surface area contributed by atoms with E-state index in [2.05, 4.69) is 4.74 Å². The van der Waals surface area contributed by atoms with Crippen molar-refractivity contribution in [2.75, 3.05) is 13.2 Å². The zero-order valence-corrected chi connectivity index (χ0v) is 7.79. The number of nitrogens with zero attached hydrogens (tertiary/aromatic N) is 1. The van der Waals surface area contributed by atoms with E-state index in [9.17, 15) is 9.59 Å². The van der Waals surface area contributed by atoms with E-state index in [4.69, 9.17) is 0 Å². The summed E-state index contributed by atoms with van der Waals surface area (Å²) in [5.74, 6) is -0.268. The third kappa shape index (κ3) is 3.37. The van der Waals surface area contributed by atoms with Crippen molar-refractivity contribution in [3.63, 3.8) is 0 Å². The zero-order chi connectivity index (χ0) is 9.56. The van der Waals surface area contributed by atoms with Gasteiger partial charge in [-0.05, 0) is 13.3 Å². The third-order valence-electron chi connectivity index (χ3n) is 1.32. The number of carbonyl (C=O) groups is 2. The van der Waals surface area contributed by atoms with Crippen LogP contribution in [0.15, 0.2) is 0 Å². The lowest BCUT2D eigenvalue weighted by Crippen LogP contribution is -2.36. The van der Waals surface area contributed by atoms with Gasteiger partial charge >= 0.3 is 6.09 Å². The SMILES string of the molecule is CCCN(C(C)=O)C(=O)OCC. The van der Waals surface area contributed by atoms with Crippen LogP contribution in [0.2, 0.25) is 0 Å². The molecule has 2 amide bonds. The zero-order valence-electron chi connectivity index (χ0n) is 7.79. The first-order valence-electron chi connectivity index (χ1n) is 4.08. The summed E-state index contributed by atoms with van der Waals surface area (Å²) < 4.78 is 4.68. The van der Waals surface area contributed by atoms with E-state index in [1.54, 1.807) is 6.92 Å². The molecule has 0 aliphatic rings. The van der Waals surface area contributed by atoms with E-state index < -0.39 is 6.09 Å². The van der Waals surface area contributed by atoms with Gasteiger partial charge in [-0.25, -0.2) is 9.69 Å². The van der Waals surface area contributed by atoms with Gasteiger partial charge in [0, 0.05) is 13.5 Å². The summed E-state index contributed by atoms with van der Waals surface area (Å²) in [7, 11) is 0. The minimum absolute atomic E-state index is 0.268. The molecule has 0 saturated carbocycles. The van der Waals surface area contributed by atoms with Gasteiger partial charge in [0.2, 0.25) is 5.91 Å². The van der Waals surface area contributed by atoms with E-state index in [1.165, 1.54) is 6.92 Å². The maximum atomic E-state index is 11.1. The fraction of sp³-hybridized carbons (Fsp3) is 0.750. The Balaban J connectivity index is 4.09. The van der Waals surface area contributed by atoms with Gasteiger partial charge < -0.3 is 4.74 Å². The monoisotopic (exact) mass is 173 g/mol. The van der Waals surface area contributed by atoms with Crippen LogP contribution in [0.25, 0.3) is 0 Å². The standard InChI is InChI=1S/C8H15NO3/c1-4-6-9(7(3)10)8(11)12-5-2/h4-6H2,1-3H3. The van der Waals surface area contributed by atoms with Gasteiger partial charge in [-0.1, -0.05) is 6.92 Å². The van der Waals surface area contributed by atoms with Gasteiger partial charge in [0.1, 0.15) is 0 Å². The van der Waals surface area contributed by atoms with Crippen LogP contribution in [0.3, 0.4) is 0 Å². The van der Waals surface area contributed by atoms with E-state index in [-0.39, 0.29) is 5.91 Å². The molecule has 4 heteroatoms. The largest absolute Gasteiger partial charge is 0.449 e. The highest BCUT2D eigenvalue weighted by molar-refractivity contribution is 5.90. The molecule has 0 unspecified atom stereocenters. The highest BCUT2D eigenvalue weighted by atomic mass is 16.6. The number of imide groups is 1. The van der Waals surface area contributed by atoms with Crippen LogP contribution in [0.1, 0.15) is 27.2 Å². The molecular weight excluding hydrogens is 158 g/mol. The van der Waals surface area contributed by atoms with Crippen molar-refractivity contribution in [3.05, 3.63) is 0 Å². The van der Waals surface area contributed by atoms with Crippen LogP contribution in [-0.4, -0.2) is 30.1 Å². The fourth-order valence-corrected chi connectivity index (χ4v) is 0.802. The van der Waals surface area contributed by atoms with Crippen LogP contribution >= 0.6 is 0 Å². The summed E-state index contributed by atoms with van der Waals surface area (Å²) in [6, 6.07) is 0. The number of hydrogen-bond donors (Lipinski definition) is 0. The van der Waals surface area contributed by atoms with E-state index in [1.807, 2.05) is 6.92 Å². The Bertz CT molecular complexity index is 168. The molecule has 0 heterocycles. The topological polar surface area (TPSA) is 46.6 Å². The van der Waals surface area contributed by atoms with E-state index in [0.717, 1.165) is 11.3 Å². The van der Waals surface area contributed by atoms with Crippen LogP contribution in [0.4, 0.5) is 4.79 Å². The Morgan fingerprint density at radius 2 is 1.92 bits per heavy atom. The van der Waals surface area contributed by atoms with Crippen LogP contribution < -0.4 is 0 Å². The Morgan fingerprint density at radius 3 is 2.25 bits per heavy atom. The summed E-state index contributed by atoms with van der Waals surface area (Å²) in [6.45, 7) is 5.68. The molecule has 0 fully saturated rings. The molecule has 0 aromatic carbocycles. The molecular formula is C8H15NO3. The molecule has 0 radical (unpaired) electrons. The summed E-state index contributed by atoms with van der Waals surface area (Å²) in [4.78, 5) is 23.0. The molecule has 0 aromatic rings. The molecule has 0 aliphatic heterocycles. The molecule has 0 saturated heterocycles. The van der Waals surface area contributed by atoms with Gasteiger partial charge in [0.15, 0.2) is 0 Å². The molecule has 70 valence electrons. The van der Waals surface area contributed by atoms with Crippen LogP contribution in [0, 0.1) is 0 Å². The number of carbonyl (C=O) groups excluding carboxylic acids is 2. The number of hydrogen-bond acceptors (Lipinski definition) is 3. The van der Waals surface area contributed by atoms with E-state index in [0.29, 0.717) is 13.2 Å². The predicted octanol–water partition coefficient (Wildman–Crippen LogP) is 1.40. The molecule has 12 heavy (non-hydrogen) atoms. The lowest BCUT2D eigenvalue weighted by molar-refractivity contribution is -0.127. The van der Waals surface area contributed by atoms with E-state index >= 15 is 0 Å². The molecule has 0 bridgehead atoms.